The summed E-state index contributed by atoms with van der Waals surface area (Å²) in [5.74, 6) is 0. The molecule has 18 heavy (non-hydrogen) atoms. The lowest BCUT2D eigenvalue weighted by Gasteiger charge is -2.39. The van der Waals surface area contributed by atoms with Crippen molar-refractivity contribution in [2.75, 3.05) is 0 Å². The van der Waals surface area contributed by atoms with Gasteiger partial charge >= 0.3 is 0 Å². The SMILES string of the molecule is CCC(O[Si](C)(C)C(C)(C)C)c1cccc(Br)n1. The van der Waals surface area contributed by atoms with Gasteiger partial charge in [-0.2, -0.15) is 0 Å². The van der Waals surface area contributed by atoms with Crippen LogP contribution in [0.3, 0.4) is 0 Å². The van der Waals surface area contributed by atoms with E-state index in [0.29, 0.717) is 0 Å². The largest absolute Gasteiger partial charge is 0.408 e. The lowest BCUT2D eigenvalue weighted by Crippen LogP contribution is -2.41. The molecule has 0 radical (unpaired) electrons. The van der Waals surface area contributed by atoms with E-state index in [9.17, 15) is 0 Å². The Morgan fingerprint density at radius 1 is 1.33 bits per heavy atom. The molecular formula is C14H24BrNOSi. The second-order valence-electron chi connectivity index (χ2n) is 6.16. The standard InChI is InChI=1S/C14H24BrNOSi/c1-7-12(11-9-8-10-13(15)16-11)17-18(5,6)14(2,3)4/h8-10,12H,7H2,1-6H3. The molecular weight excluding hydrogens is 306 g/mol. The molecule has 4 heteroatoms. The second-order valence-corrected chi connectivity index (χ2v) is 11.7. The van der Waals surface area contributed by atoms with E-state index in [4.69, 9.17) is 4.43 Å². The molecule has 0 aliphatic rings. The van der Waals surface area contributed by atoms with E-state index >= 15 is 0 Å². The monoisotopic (exact) mass is 329 g/mol. The average molecular weight is 330 g/mol. The highest BCUT2D eigenvalue weighted by atomic mass is 79.9. The zero-order valence-electron chi connectivity index (χ0n) is 12.2. The van der Waals surface area contributed by atoms with Gasteiger partial charge in [-0.1, -0.05) is 33.8 Å². The van der Waals surface area contributed by atoms with Crippen LogP contribution in [0.2, 0.25) is 18.1 Å². The molecule has 1 aromatic rings. The first-order valence-corrected chi connectivity index (χ1v) is 10.2. The summed E-state index contributed by atoms with van der Waals surface area (Å²) in [4.78, 5) is 4.52. The first-order valence-electron chi connectivity index (χ1n) is 6.47. The average Bonchev–Trinajstić information content (AvgIpc) is 2.24. The maximum atomic E-state index is 6.45. The molecule has 1 atom stereocenters. The summed E-state index contributed by atoms with van der Waals surface area (Å²) in [5.41, 5.74) is 1.02. The number of rotatable bonds is 4. The summed E-state index contributed by atoms with van der Waals surface area (Å²) in [6.07, 6.45) is 1.05. The van der Waals surface area contributed by atoms with E-state index in [2.05, 4.69) is 61.7 Å². The van der Waals surface area contributed by atoms with Crippen LogP contribution in [0.5, 0.6) is 0 Å². The molecule has 0 aliphatic carbocycles. The van der Waals surface area contributed by atoms with Gasteiger partial charge in [0.15, 0.2) is 8.32 Å². The van der Waals surface area contributed by atoms with Crippen molar-refractivity contribution >= 4 is 24.2 Å². The normalized spacial score (nSPS) is 14.6. The quantitative estimate of drug-likeness (QED) is 0.551. The van der Waals surface area contributed by atoms with Crippen LogP contribution in [0.4, 0.5) is 0 Å². The molecule has 2 nitrogen and oxygen atoms in total. The molecule has 1 unspecified atom stereocenters. The van der Waals surface area contributed by atoms with Gasteiger partial charge in [-0.25, -0.2) is 4.98 Å². The minimum Gasteiger partial charge on any atom is -0.408 e. The van der Waals surface area contributed by atoms with Crippen molar-refractivity contribution in [3.63, 3.8) is 0 Å². The van der Waals surface area contributed by atoms with Crippen LogP contribution in [0.1, 0.15) is 45.9 Å². The predicted molar refractivity (Wildman–Crippen MR) is 83.3 cm³/mol. The fourth-order valence-electron chi connectivity index (χ4n) is 1.49. The molecule has 0 amide bonds. The molecule has 0 spiro atoms. The van der Waals surface area contributed by atoms with E-state index in [1.165, 1.54) is 0 Å². The fraction of sp³-hybridized carbons (Fsp3) is 0.643. The van der Waals surface area contributed by atoms with Crippen LogP contribution in [0.15, 0.2) is 22.8 Å². The van der Waals surface area contributed by atoms with Gasteiger partial charge in [0.1, 0.15) is 4.60 Å². The lowest BCUT2D eigenvalue weighted by molar-refractivity contribution is 0.175. The van der Waals surface area contributed by atoms with Crippen molar-refractivity contribution in [3.8, 4) is 0 Å². The summed E-state index contributed by atoms with van der Waals surface area (Å²) in [7, 11) is -1.74. The second kappa shape index (κ2) is 5.84. The molecule has 0 saturated carbocycles. The van der Waals surface area contributed by atoms with Crippen LogP contribution in [-0.4, -0.2) is 13.3 Å². The number of hydrogen-bond acceptors (Lipinski definition) is 2. The first-order chi connectivity index (χ1) is 8.17. The highest BCUT2D eigenvalue weighted by Crippen LogP contribution is 2.40. The first kappa shape index (κ1) is 15.9. The Balaban J connectivity index is 2.93. The van der Waals surface area contributed by atoms with Crippen molar-refractivity contribution in [2.45, 2.75) is 58.4 Å². The van der Waals surface area contributed by atoms with Gasteiger partial charge in [0.25, 0.3) is 0 Å². The third-order valence-corrected chi connectivity index (χ3v) is 8.61. The topological polar surface area (TPSA) is 22.1 Å². The maximum Gasteiger partial charge on any atom is 0.192 e. The Morgan fingerprint density at radius 3 is 2.39 bits per heavy atom. The van der Waals surface area contributed by atoms with Crippen molar-refractivity contribution in [2.24, 2.45) is 0 Å². The maximum absolute atomic E-state index is 6.45. The minimum absolute atomic E-state index is 0.100. The van der Waals surface area contributed by atoms with Crippen molar-refractivity contribution in [1.29, 1.82) is 0 Å². The van der Waals surface area contributed by atoms with Gasteiger partial charge in [-0.05, 0) is 52.6 Å². The number of nitrogens with zero attached hydrogens (tertiary/aromatic N) is 1. The number of halogens is 1. The summed E-state index contributed by atoms with van der Waals surface area (Å²) in [6.45, 7) is 13.5. The van der Waals surface area contributed by atoms with Crippen molar-refractivity contribution in [1.82, 2.24) is 4.98 Å². The third-order valence-electron chi connectivity index (χ3n) is 3.68. The molecule has 1 heterocycles. The molecule has 0 fully saturated rings. The Morgan fingerprint density at radius 2 is 1.94 bits per heavy atom. The predicted octanol–water partition coefficient (Wildman–Crippen LogP) is 5.32. The molecule has 0 bridgehead atoms. The van der Waals surface area contributed by atoms with Gasteiger partial charge in [0, 0.05) is 0 Å². The zero-order valence-corrected chi connectivity index (χ0v) is 14.8. The highest BCUT2D eigenvalue weighted by molar-refractivity contribution is 9.10. The molecule has 102 valence electrons. The van der Waals surface area contributed by atoms with Gasteiger partial charge in [0.2, 0.25) is 0 Å². The molecule has 0 N–H and O–H groups in total. The number of pyridine rings is 1. The van der Waals surface area contributed by atoms with Gasteiger partial charge < -0.3 is 4.43 Å². The van der Waals surface area contributed by atoms with Crippen LogP contribution in [0, 0.1) is 0 Å². The van der Waals surface area contributed by atoms with E-state index in [0.717, 1.165) is 16.7 Å². The van der Waals surface area contributed by atoms with Crippen molar-refractivity contribution < 1.29 is 4.43 Å². The summed E-state index contributed by atoms with van der Waals surface area (Å²) >= 11 is 3.42. The van der Waals surface area contributed by atoms with Gasteiger partial charge in [-0.15, -0.1) is 0 Å². The Kier molecular flexibility index (Phi) is 5.15. The highest BCUT2D eigenvalue weighted by Gasteiger charge is 2.39. The smallest absolute Gasteiger partial charge is 0.192 e. The van der Waals surface area contributed by atoms with E-state index in [1.807, 2.05) is 18.2 Å². The summed E-state index contributed by atoms with van der Waals surface area (Å²) in [5, 5.41) is 0.229. The van der Waals surface area contributed by atoms with E-state index < -0.39 is 8.32 Å². The van der Waals surface area contributed by atoms with E-state index in [1.54, 1.807) is 0 Å². The van der Waals surface area contributed by atoms with Crippen LogP contribution < -0.4 is 0 Å². The van der Waals surface area contributed by atoms with Crippen LogP contribution in [-0.2, 0) is 4.43 Å². The third kappa shape index (κ3) is 3.90. The van der Waals surface area contributed by atoms with Crippen molar-refractivity contribution in [3.05, 3.63) is 28.5 Å². The zero-order chi connectivity index (χ0) is 14.0. The molecule has 0 saturated heterocycles. The molecule has 0 aromatic carbocycles. The Labute approximate surface area is 120 Å². The number of hydrogen-bond donors (Lipinski definition) is 0. The molecule has 1 aromatic heterocycles. The van der Waals surface area contributed by atoms with Crippen LogP contribution in [0.25, 0.3) is 0 Å². The van der Waals surface area contributed by atoms with Gasteiger partial charge in [0.05, 0.1) is 11.8 Å². The Bertz CT molecular complexity index is 401. The number of aromatic nitrogens is 1. The fourth-order valence-corrected chi connectivity index (χ4v) is 3.20. The summed E-state index contributed by atoms with van der Waals surface area (Å²) in [6, 6.07) is 6.01. The summed E-state index contributed by atoms with van der Waals surface area (Å²) < 4.78 is 7.32. The molecule has 0 aliphatic heterocycles. The minimum atomic E-state index is -1.74. The Hall–Kier alpha value is -0.193. The van der Waals surface area contributed by atoms with E-state index in [-0.39, 0.29) is 11.1 Å². The lowest BCUT2D eigenvalue weighted by atomic mass is 10.2. The van der Waals surface area contributed by atoms with Crippen LogP contribution >= 0.6 is 15.9 Å². The van der Waals surface area contributed by atoms with Gasteiger partial charge in [-0.3, -0.25) is 0 Å². The molecule has 1 rings (SSSR count).